The molecule has 2 aromatic heterocycles. The van der Waals surface area contributed by atoms with Crippen LogP contribution in [0.2, 0.25) is 0 Å². The van der Waals surface area contributed by atoms with Crippen LogP contribution in [-0.4, -0.2) is 10.1 Å². The van der Waals surface area contributed by atoms with Crippen molar-refractivity contribution in [2.24, 2.45) is 5.73 Å². The molecule has 0 bridgehead atoms. The van der Waals surface area contributed by atoms with E-state index >= 15 is 0 Å². The lowest BCUT2D eigenvalue weighted by molar-refractivity contribution is 0.412. The number of nitrogens with zero attached hydrogens (tertiary/aromatic N) is 2. The molecule has 7 heteroatoms. The normalized spacial score (nSPS) is 10.9. The summed E-state index contributed by atoms with van der Waals surface area (Å²) in [5, 5.41) is 3.85. The van der Waals surface area contributed by atoms with E-state index in [2.05, 4.69) is 26.1 Å². The Bertz CT molecular complexity index is 754. The van der Waals surface area contributed by atoms with Gasteiger partial charge in [0.2, 0.25) is 5.82 Å². The molecule has 0 atom stereocenters. The maximum atomic E-state index is 13.2. The summed E-state index contributed by atoms with van der Waals surface area (Å²) in [5.74, 6) is 1.33. The molecule has 20 heavy (non-hydrogen) atoms. The maximum absolute atomic E-state index is 13.2. The van der Waals surface area contributed by atoms with Gasteiger partial charge in [0.25, 0.3) is 5.89 Å². The molecular weight excluding hydrogens is 329 g/mol. The summed E-state index contributed by atoms with van der Waals surface area (Å²) in [5.41, 5.74) is 6.11. The maximum Gasteiger partial charge on any atom is 0.293 e. The van der Waals surface area contributed by atoms with Crippen LogP contribution in [0.25, 0.3) is 23.0 Å². The summed E-state index contributed by atoms with van der Waals surface area (Å²) in [7, 11) is 0. The molecule has 1 aromatic carbocycles. The first-order valence-electron chi connectivity index (χ1n) is 5.75. The molecule has 0 unspecified atom stereocenters. The van der Waals surface area contributed by atoms with Crippen molar-refractivity contribution in [2.75, 3.05) is 0 Å². The standard InChI is InChI=1S/C13H9BrFN3O2/c14-9-5-7(1-3-10(9)15)12-17-13(20-18-12)11-4-2-8(6-16)19-11/h1-5H,6,16H2. The second kappa shape index (κ2) is 5.18. The summed E-state index contributed by atoms with van der Waals surface area (Å²) in [6.45, 7) is 0.298. The Morgan fingerprint density at radius 3 is 2.80 bits per heavy atom. The lowest BCUT2D eigenvalue weighted by Crippen LogP contribution is -1.92. The molecule has 0 spiro atoms. The fourth-order valence-corrected chi connectivity index (χ4v) is 2.06. The number of hydrogen-bond donors (Lipinski definition) is 1. The topological polar surface area (TPSA) is 78.1 Å². The van der Waals surface area contributed by atoms with Crippen molar-refractivity contribution < 1.29 is 13.3 Å². The average Bonchev–Trinajstić information content (AvgIpc) is 3.09. The molecule has 0 saturated carbocycles. The third-order valence-electron chi connectivity index (χ3n) is 2.68. The lowest BCUT2D eigenvalue weighted by Gasteiger charge is -1.96. The smallest absolute Gasteiger partial charge is 0.293 e. The quantitative estimate of drug-likeness (QED) is 0.792. The third kappa shape index (κ3) is 2.37. The summed E-state index contributed by atoms with van der Waals surface area (Å²) >= 11 is 3.11. The monoisotopic (exact) mass is 337 g/mol. The summed E-state index contributed by atoms with van der Waals surface area (Å²) in [6.07, 6.45) is 0. The Kier molecular flexibility index (Phi) is 3.37. The summed E-state index contributed by atoms with van der Waals surface area (Å²) < 4.78 is 24.1. The highest BCUT2D eigenvalue weighted by molar-refractivity contribution is 9.10. The predicted molar refractivity (Wildman–Crippen MR) is 73.0 cm³/mol. The van der Waals surface area contributed by atoms with Crippen molar-refractivity contribution in [3.8, 4) is 23.0 Å². The molecule has 0 aliphatic rings. The predicted octanol–water partition coefficient (Wildman–Crippen LogP) is 3.36. The number of benzene rings is 1. The molecule has 0 aliphatic carbocycles. The minimum Gasteiger partial charge on any atom is -0.455 e. The zero-order valence-corrected chi connectivity index (χ0v) is 11.7. The molecule has 0 radical (unpaired) electrons. The average molecular weight is 338 g/mol. The van der Waals surface area contributed by atoms with E-state index in [1.54, 1.807) is 24.3 Å². The van der Waals surface area contributed by atoms with Crippen LogP contribution in [0.3, 0.4) is 0 Å². The molecule has 2 heterocycles. The van der Waals surface area contributed by atoms with E-state index in [0.29, 0.717) is 33.9 Å². The van der Waals surface area contributed by atoms with Crippen LogP contribution in [0.1, 0.15) is 5.76 Å². The Balaban J connectivity index is 1.95. The van der Waals surface area contributed by atoms with E-state index < -0.39 is 0 Å². The molecule has 0 aliphatic heterocycles. The molecule has 3 aromatic rings. The van der Waals surface area contributed by atoms with Crippen molar-refractivity contribution in [3.05, 3.63) is 46.4 Å². The van der Waals surface area contributed by atoms with E-state index in [9.17, 15) is 4.39 Å². The molecule has 0 saturated heterocycles. The largest absolute Gasteiger partial charge is 0.455 e. The van der Waals surface area contributed by atoms with Crippen LogP contribution in [0.4, 0.5) is 4.39 Å². The molecular formula is C13H9BrFN3O2. The molecule has 0 fully saturated rings. The summed E-state index contributed by atoms with van der Waals surface area (Å²) in [6, 6.07) is 7.93. The van der Waals surface area contributed by atoms with Gasteiger partial charge < -0.3 is 14.7 Å². The molecule has 5 nitrogen and oxygen atoms in total. The van der Waals surface area contributed by atoms with Crippen LogP contribution in [0.5, 0.6) is 0 Å². The fraction of sp³-hybridized carbons (Fsp3) is 0.0769. The molecule has 3 rings (SSSR count). The summed E-state index contributed by atoms with van der Waals surface area (Å²) in [4.78, 5) is 4.21. The third-order valence-corrected chi connectivity index (χ3v) is 3.29. The highest BCUT2D eigenvalue weighted by Gasteiger charge is 2.14. The highest BCUT2D eigenvalue weighted by Crippen LogP contribution is 2.26. The Labute approximate surface area is 121 Å². The SMILES string of the molecule is NCc1ccc(-c2nc(-c3ccc(F)c(Br)c3)no2)o1. The zero-order chi connectivity index (χ0) is 14.1. The second-order valence-electron chi connectivity index (χ2n) is 4.02. The first-order valence-corrected chi connectivity index (χ1v) is 6.55. The van der Waals surface area contributed by atoms with Gasteiger partial charge in [-0.1, -0.05) is 5.16 Å². The minimum absolute atomic E-state index is 0.250. The van der Waals surface area contributed by atoms with E-state index in [0.717, 1.165) is 0 Å². The van der Waals surface area contributed by atoms with Crippen LogP contribution >= 0.6 is 15.9 Å². The van der Waals surface area contributed by atoms with Gasteiger partial charge in [0, 0.05) is 5.56 Å². The van der Waals surface area contributed by atoms with Gasteiger partial charge in [0.05, 0.1) is 11.0 Å². The van der Waals surface area contributed by atoms with Gasteiger partial charge >= 0.3 is 0 Å². The minimum atomic E-state index is -0.351. The number of halogens is 2. The van der Waals surface area contributed by atoms with Crippen molar-refractivity contribution in [3.63, 3.8) is 0 Å². The van der Waals surface area contributed by atoms with Crippen molar-refractivity contribution in [1.82, 2.24) is 10.1 Å². The van der Waals surface area contributed by atoms with E-state index in [-0.39, 0.29) is 11.7 Å². The van der Waals surface area contributed by atoms with E-state index in [4.69, 9.17) is 14.7 Å². The first kappa shape index (κ1) is 13.0. The lowest BCUT2D eigenvalue weighted by atomic mass is 10.2. The Hall–Kier alpha value is -1.99. The van der Waals surface area contributed by atoms with E-state index in [1.807, 2.05) is 0 Å². The van der Waals surface area contributed by atoms with E-state index in [1.165, 1.54) is 6.07 Å². The van der Waals surface area contributed by atoms with Crippen molar-refractivity contribution in [2.45, 2.75) is 6.54 Å². The van der Waals surface area contributed by atoms with Gasteiger partial charge in [-0.3, -0.25) is 0 Å². The first-order chi connectivity index (χ1) is 9.67. The molecule has 102 valence electrons. The zero-order valence-electron chi connectivity index (χ0n) is 10.1. The number of furan rings is 1. The van der Waals surface area contributed by atoms with Crippen molar-refractivity contribution >= 4 is 15.9 Å². The van der Waals surface area contributed by atoms with Gasteiger partial charge in [-0.2, -0.15) is 4.98 Å². The Morgan fingerprint density at radius 2 is 2.10 bits per heavy atom. The molecule has 0 amide bonds. The second-order valence-corrected chi connectivity index (χ2v) is 4.88. The fourth-order valence-electron chi connectivity index (χ4n) is 1.68. The Morgan fingerprint density at radius 1 is 1.25 bits per heavy atom. The van der Waals surface area contributed by atoms with Crippen LogP contribution in [0.15, 0.2) is 43.7 Å². The van der Waals surface area contributed by atoms with Crippen LogP contribution in [0, 0.1) is 5.82 Å². The molecule has 2 N–H and O–H groups in total. The van der Waals surface area contributed by atoms with Gasteiger partial charge in [0.1, 0.15) is 11.6 Å². The number of hydrogen-bond acceptors (Lipinski definition) is 5. The number of nitrogens with two attached hydrogens (primary N) is 1. The van der Waals surface area contributed by atoms with Gasteiger partial charge in [-0.15, -0.1) is 0 Å². The number of aromatic nitrogens is 2. The van der Waals surface area contributed by atoms with Crippen LogP contribution < -0.4 is 5.73 Å². The highest BCUT2D eigenvalue weighted by atomic mass is 79.9. The van der Waals surface area contributed by atoms with Gasteiger partial charge in [0.15, 0.2) is 5.76 Å². The van der Waals surface area contributed by atoms with Crippen LogP contribution in [-0.2, 0) is 6.54 Å². The van der Waals surface area contributed by atoms with Crippen molar-refractivity contribution in [1.29, 1.82) is 0 Å². The number of rotatable bonds is 3. The van der Waals surface area contributed by atoms with Gasteiger partial charge in [-0.25, -0.2) is 4.39 Å². The van der Waals surface area contributed by atoms with Gasteiger partial charge in [-0.05, 0) is 46.3 Å².